The van der Waals surface area contributed by atoms with E-state index in [1.165, 1.54) is 23.5 Å². The lowest BCUT2D eigenvalue weighted by Crippen LogP contribution is -2.10. The minimum absolute atomic E-state index is 0.0754. The molecule has 102 valence electrons. The van der Waals surface area contributed by atoms with Crippen molar-refractivity contribution in [3.63, 3.8) is 0 Å². The first-order valence-electron chi connectivity index (χ1n) is 5.20. The topological polar surface area (TPSA) is 12.0 Å². The number of rotatable bonds is 3. The summed E-state index contributed by atoms with van der Waals surface area (Å²) in [4.78, 5) is 0.958. The van der Waals surface area contributed by atoms with Gasteiger partial charge in [0.15, 0.2) is 0 Å². The predicted octanol–water partition coefficient (Wildman–Crippen LogP) is 5.90. The van der Waals surface area contributed by atoms with Gasteiger partial charge in [-0.1, -0.05) is 15.9 Å². The van der Waals surface area contributed by atoms with Crippen molar-refractivity contribution in [2.45, 2.75) is 12.7 Å². The third-order valence-corrected chi connectivity index (χ3v) is 4.55. The van der Waals surface area contributed by atoms with Crippen LogP contribution < -0.4 is 5.32 Å². The van der Waals surface area contributed by atoms with Crippen molar-refractivity contribution in [3.05, 3.63) is 49.0 Å². The van der Waals surface area contributed by atoms with Crippen LogP contribution in [0, 0.1) is 0 Å². The summed E-state index contributed by atoms with van der Waals surface area (Å²) in [5, 5.41) is 4.72. The largest absolute Gasteiger partial charge is 0.418 e. The van der Waals surface area contributed by atoms with E-state index in [2.05, 4.69) is 37.2 Å². The number of benzene rings is 1. The van der Waals surface area contributed by atoms with Crippen LogP contribution in [-0.4, -0.2) is 0 Å². The summed E-state index contributed by atoms with van der Waals surface area (Å²) in [6.45, 7) is 0.357. The van der Waals surface area contributed by atoms with Gasteiger partial charge in [0, 0.05) is 31.4 Å². The summed E-state index contributed by atoms with van der Waals surface area (Å²) in [7, 11) is 0. The smallest absolute Gasteiger partial charge is 0.380 e. The second-order valence-electron chi connectivity index (χ2n) is 3.77. The molecule has 1 aromatic heterocycles. The molecule has 1 nitrogen and oxygen atoms in total. The number of halogens is 5. The number of anilines is 1. The Labute approximate surface area is 129 Å². The lowest BCUT2D eigenvalue weighted by atomic mass is 10.1. The minimum Gasteiger partial charge on any atom is -0.380 e. The molecule has 0 saturated heterocycles. The normalized spacial score (nSPS) is 11.6. The zero-order chi connectivity index (χ0) is 14.0. The van der Waals surface area contributed by atoms with Crippen LogP contribution in [0.4, 0.5) is 18.9 Å². The second-order valence-corrected chi connectivity index (χ2v) is 6.60. The monoisotopic (exact) mass is 413 g/mol. The Morgan fingerprint density at radius 2 is 1.84 bits per heavy atom. The van der Waals surface area contributed by atoms with Crippen molar-refractivity contribution in [1.29, 1.82) is 0 Å². The number of thiophene rings is 1. The third-order valence-electron chi connectivity index (χ3n) is 2.36. The molecule has 1 aromatic carbocycles. The highest BCUT2D eigenvalue weighted by molar-refractivity contribution is 9.10. The van der Waals surface area contributed by atoms with Crippen LogP contribution in [0.5, 0.6) is 0 Å². The van der Waals surface area contributed by atoms with Crippen LogP contribution in [0.25, 0.3) is 0 Å². The molecular weight excluding hydrogens is 407 g/mol. The van der Waals surface area contributed by atoms with Crippen LogP contribution in [0.15, 0.2) is 38.6 Å². The van der Waals surface area contributed by atoms with Gasteiger partial charge in [0.2, 0.25) is 0 Å². The Morgan fingerprint density at radius 1 is 1.11 bits per heavy atom. The van der Waals surface area contributed by atoms with Crippen LogP contribution in [0.3, 0.4) is 0 Å². The molecule has 0 aliphatic heterocycles. The number of alkyl halides is 3. The lowest BCUT2D eigenvalue weighted by Gasteiger charge is -2.14. The fourth-order valence-electron chi connectivity index (χ4n) is 1.54. The van der Waals surface area contributed by atoms with Crippen LogP contribution in [0.2, 0.25) is 0 Å². The summed E-state index contributed by atoms with van der Waals surface area (Å²) < 4.78 is 40.1. The van der Waals surface area contributed by atoms with E-state index < -0.39 is 11.7 Å². The van der Waals surface area contributed by atoms with Gasteiger partial charge in [0.25, 0.3) is 0 Å². The van der Waals surface area contributed by atoms with Crippen molar-refractivity contribution >= 4 is 48.9 Å². The predicted molar refractivity (Wildman–Crippen MR) is 78.5 cm³/mol. The first kappa shape index (κ1) is 14.9. The highest BCUT2D eigenvalue weighted by atomic mass is 79.9. The quantitative estimate of drug-likeness (QED) is 0.658. The molecule has 0 unspecified atom stereocenters. The molecular formula is C12H8Br2F3NS. The van der Waals surface area contributed by atoms with Gasteiger partial charge in [-0.2, -0.15) is 13.2 Å². The average molecular weight is 415 g/mol. The Hall–Kier alpha value is -0.530. The van der Waals surface area contributed by atoms with E-state index in [1.807, 2.05) is 11.4 Å². The van der Waals surface area contributed by atoms with Crippen LogP contribution >= 0.6 is 43.2 Å². The molecule has 0 spiro atoms. The molecule has 0 fully saturated rings. The Morgan fingerprint density at radius 3 is 2.42 bits per heavy atom. The van der Waals surface area contributed by atoms with Crippen LogP contribution in [-0.2, 0) is 12.7 Å². The number of nitrogens with one attached hydrogen (secondary N) is 1. The zero-order valence-electron chi connectivity index (χ0n) is 9.39. The van der Waals surface area contributed by atoms with Gasteiger partial charge in [-0.15, -0.1) is 11.3 Å². The molecule has 2 rings (SSSR count). The van der Waals surface area contributed by atoms with Crippen molar-refractivity contribution < 1.29 is 13.2 Å². The summed E-state index contributed by atoms with van der Waals surface area (Å²) in [5.74, 6) is 0. The van der Waals surface area contributed by atoms with Crippen molar-refractivity contribution in [1.82, 2.24) is 0 Å². The molecule has 7 heteroatoms. The van der Waals surface area contributed by atoms with Gasteiger partial charge in [-0.25, -0.2) is 0 Å². The van der Waals surface area contributed by atoms with E-state index in [0.717, 1.165) is 15.4 Å². The lowest BCUT2D eigenvalue weighted by molar-refractivity contribution is -0.137. The molecule has 0 radical (unpaired) electrons. The highest BCUT2D eigenvalue weighted by Crippen LogP contribution is 2.36. The van der Waals surface area contributed by atoms with Gasteiger partial charge in [0.05, 0.1) is 5.56 Å². The van der Waals surface area contributed by atoms with Crippen molar-refractivity contribution in [3.8, 4) is 0 Å². The first-order valence-corrected chi connectivity index (χ1v) is 7.66. The second kappa shape index (κ2) is 5.85. The number of hydrogen-bond donors (Lipinski definition) is 1. The molecule has 0 aliphatic carbocycles. The SMILES string of the molecule is FC(F)(F)c1ccc(Br)cc1NCc1cc(Br)cs1. The fourth-order valence-corrected chi connectivity index (χ4v) is 3.29. The van der Waals surface area contributed by atoms with Crippen molar-refractivity contribution in [2.75, 3.05) is 5.32 Å². The Bertz CT molecular complexity index is 581. The molecule has 1 heterocycles. The van der Waals surface area contributed by atoms with E-state index >= 15 is 0 Å². The maximum absolute atomic E-state index is 12.8. The molecule has 0 saturated carbocycles. The van der Waals surface area contributed by atoms with E-state index in [9.17, 15) is 13.2 Å². The van der Waals surface area contributed by atoms with Gasteiger partial charge in [-0.3, -0.25) is 0 Å². The first-order chi connectivity index (χ1) is 8.86. The standard InChI is InChI=1S/C12H8Br2F3NS/c13-7-1-2-10(12(15,16)17)11(4-7)18-5-9-3-8(14)6-19-9/h1-4,6,18H,5H2. The summed E-state index contributed by atoms with van der Waals surface area (Å²) in [6.07, 6.45) is -4.36. The van der Waals surface area contributed by atoms with E-state index in [1.54, 1.807) is 0 Å². The van der Waals surface area contributed by atoms with E-state index in [-0.39, 0.29) is 5.69 Å². The molecule has 19 heavy (non-hydrogen) atoms. The van der Waals surface area contributed by atoms with E-state index in [4.69, 9.17) is 0 Å². The fraction of sp³-hybridized carbons (Fsp3) is 0.167. The Kier molecular flexibility index (Phi) is 4.58. The highest BCUT2D eigenvalue weighted by Gasteiger charge is 2.33. The maximum Gasteiger partial charge on any atom is 0.418 e. The third kappa shape index (κ3) is 3.97. The van der Waals surface area contributed by atoms with Crippen LogP contribution in [0.1, 0.15) is 10.4 Å². The summed E-state index contributed by atoms with van der Waals surface area (Å²) >= 11 is 7.98. The Balaban J connectivity index is 2.21. The minimum atomic E-state index is -4.36. The maximum atomic E-state index is 12.8. The summed E-state index contributed by atoms with van der Waals surface area (Å²) in [5.41, 5.74) is -0.585. The molecule has 0 atom stereocenters. The van der Waals surface area contributed by atoms with Gasteiger partial charge < -0.3 is 5.32 Å². The molecule has 1 N–H and O–H groups in total. The van der Waals surface area contributed by atoms with Gasteiger partial charge in [-0.05, 0) is 40.2 Å². The zero-order valence-corrected chi connectivity index (χ0v) is 13.4. The molecule has 2 aromatic rings. The van der Waals surface area contributed by atoms with Crippen molar-refractivity contribution in [2.24, 2.45) is 0 Å². The molecule has 0 bridgehead atoms. The molecule has 0 amide bonds. The van der Waals surface area contributed by atoms with Gasteiger partial charge >= 0.3 is 6.18 Å². The van der Waals surface area contributed by atoms with Gasteiger partial charge in [0.1, 0.15) is 0 Å². The van der Waals surface area contributed by atoms with E-state index in [0.29, 0.717) is 11.0 Å². The number of hydrogen-bond acceptors (Lipinski definition) is 2. The summed E-state index contributed by atoms with van der Waals surface area (Å²) in [6, 6.07) is 5.76. The average Bonchev–Trinajstić information content (AvgIpc) is 2.71. The molecule has 0 aliphatic rings.